The number of pyridine rings is 1. The van der Waals surface area contributed by atoms with Crippen molar-refractivity contribution in [3.63, 3.8) is 0 Å². The standard InChI is InChI=1S/C17H12F3N5O/c1-9-3-4-12(10(2)7-9)24-6-5-13-11(14(24)26)8-21-16-22-15(17(18,19)20)23-25(13)16/h3-8H,1-2H3. The number of alkyl halides is 3. The Hall–Kier alpha value is -3.23. The molecule has 0 saturated carbocycles. The number of aromatic nitrogens is 5. The maximum absolute atomic E-state index is 12.9. The molecule has 0 radical (unpaired) electrons. The molecule has 9 heteroatoms. The molecular weight excluding hydrogens is 347 g/mol. The second-order valence-electron chi connectivity index (χ2n) is 5.98. The smallest absolute Gasteiger partial charge is 0.283 e. The van der Waals surface area contributed by atoms with Crippen LogP contribution in [0, 0.1) is 13.8 Å². The van der Waals surface area contributed by atoms with E-state index in [4.69, 9.17) is 0 Å². The van der Waals surface area contributed by atoms with Crippen LogP contribution in [-0.4, -0.2) is 24.1 Å². The van der Waals surface area contributed by atoms with E-state index in [1.165, 1.54) is 23.0 Å². The molecule has 0 aliphatic heterocycles. The lowest BCUT2D eigenvalue weighted by Crippen LogP contribution is -2.19. The predicted molar refractivity (Wildman–Crippen MR) is 88.4 cm³/mol. The van der Waals surface area contributed by atoms with Crippen LogP contribution in [0.4, 0.5) is 13.2 Å². The van der Waals surface area contributed by atoms with Crippen LogP contribution in [0.3, 0.4) is 0 Å². The number of aryl methyl sites for hydroxylation is 2. The van der Waals surface area contributed by atoms with Crippen molar-refractivity contribution in [1.29, 1.82) is 0 Å². The first-order valence-electron chi connectivity index (χ1n) is 7.68. The van der Waals surface area contributed by atoms with E-state index in [1.54, 1.807) is 0 Å². The average molecular weight is 359 g/mol. The molecule has 6 nitrogen and oxygen atoms in total. The predicted octanol–water partition coefficient (Wildman–Crippen LogP) is 3.06. The van der Waals surface area contributed by atoms with Crippen LogP contribution in [0.1, 0.15) is 17.0 Å². The molecule has 4 rings (SSSR count). The van der Waals surface area contributed by atoms with Gasteiger partial charge in [-0.1, -0.05) is 17.7 Å². The Bertz CT molecular complexity index is 1220. The fourth-order valence-corrected chi connectivity index (χ4v) is 2.90. The van der Waals surface area contributed by atoms with Gasteiger partial charge >= 0.3 is 6.18 Å². The van der Waals surface area contributed by atoms with Gasteiger partial charge in [0.25, 0.3) is 17.2 Å². The molecule has 1 aromatic carbocycles. The van der Waals surface area contributed by atoms with Gasteiger partial charge in [0.05, 0.1) is 16.6 Å². The van der Waals surface area contributed by atoms with Crippen molar-refractivity contribution in [1.82, 2.24) is 24.1 Å². The molecule has 3 aromatic heterocycles. The van der Waals surface area contributed by atoms with Crippen LogP contribution < -0.4 is 5.56 Å². The van der Waals surface area contributed by atoms with Gasteiger partial charge in [-0.2, -0.15) is 22.7 Å². The van der Waals surface area contributed by atoms with Crippen LogP contribution in [-0.2, 0) is 6.18 Å². The fraction of sp³-hybridized carbons (Fsp3) is 0.176. The molecule has 0 saturated heterocycles. The van der Waals surface area contributed by atoms with Crippen LogP contribution >= 0.6 is 0 Å². The monoisotopic (exact) mass is 359 g/mol. The largest absolute Gasteiger partial charge is 0.453 e. The van der Waals surface area contributed by atoms with Crippen molar-refractivity contribution in [2.75, 3.05) is 0 Å². The lowest BCUT2D eigenvalue weighted by Gasteiger charge is -2.11. The number of fused-ring (bicyclic) bond motifs is 3. The Morgan fingerprint density at radius 2 is 1.88 bits per heavy atom. The summed E-state index contributed by atoms with van der Waals surface area (Å²) in [6.07, 6.45) is -1.95. The van der Waals surface area contributed by atoms with Crippen LogP contribution in [0.2, 0.25) is 0 Å². The second-order valence-corrected chi connectivity index (χ2v) is 5.98. The van der Waals surface area contributed by atoms with Gasteiger partial charge in [-0.25, -0.2) is 4.98 Å². The van der Waals surface area contributed by atoms with Gasteiger partial charge in [0.15, 0.2) is 0 Å². The topological polar surface area (TPSA) is 65.1 Å². The Morgan fingerprint density at radius 1 is 1.12 bits per heavy atom. The molecule has 0 amide bonds. The summed E-state index contributed by atoms with van der Waals surface area (Å²) in [6, 6.07) is 7.18. The molecule has 0 atom stereocenters. The Balaban J connectivity index is 1.99. The van der Waals surface area contributed by atoms with E-state index < -0.39 is 17.6 Å². The molecule has 4 aromatic rings. The van der Waals surface area contributed by atoms with Gasteiger partial charge in [0, 0.05) is 12.4 Å². The first kappa shape index (κ1) is 16.2. The van der Waals surface area contributed by atoms with Gasteiger partial charge in [-0.15, -0.1) is 5.10 Å². The highest BCUT2D eigenvalue weighted by Gasteiger charge is 2.36. The van der Waals surface area contributed by atoms with E-state index in [1.807, 2.05) is 32.0 Å². The molecule has 0 aliphatic rings. The minimum atomic E-state index is -4.69. The van der Waals surface area contributed by atoms with E-state index in [9.17, 15) is 18.0 Å². The summed E-state index contributed by atoms with van der Waals surface area (Å²) >= 11 is 0. The second kappa shape index (κ2) is 5.38. The summed E-state index contributed by atoms with van der Waals surface area (Å²) in [5, 5.41) is 3.61. The molecule has 0 bridgehead atoms. The zero-order valence-electron chi connectivity index (χ0n) is 13.7. The molecule has 0 aliphatic carbocycles. The molecule has 26 heavy (non-hydrogen) atoms. The van der Waals surface area contributed by atoms with Crippen molar-refractivity contribution in [3.05, 3.63) is 64.0 Å². The lowest BCUT2D eigenvalue weighted by atomic mass is 10.1. The van der Waals surface area contributed by atoms with E-state index in [0.29, 0.717) is 5.69 Å². The third-order valence-corrected chi connectivity index (χ3v) is 4.10. The minimum absolute atomic E-state index is 0.151. The zero-order chi connectivity index (χ0) is 18.6. The summed E-state index contributed by atoms with van der Waals surface area (Å²) < 4.78 is 40.9. The highest BCUT2D eigenvalue weighted by Crippen LogP contribution is 2.27. The maximum atomic E-state index is 12.9. The van der Waals surface area contributed by atoms with Crippen LogP contribution in [0.5, 0.6) is 0 Å². The summed E-state index contributed by atoms with van der Waals surface area (Å²) in [7, 11) is 0. The van der Waals surface area contributed by atoms with Gasteiger partial charge in [-0.05, 0) is 31.5 Å². The maximum Gasteiger partial charge on any atom is 0.453 e. The summed E-state index contributed by atoms with van der Waals surface area (Å²) in [6.45, 7) is 3.83. The van der Waals surface area contributed by atoms with E-state index >= 15 is 0 Å². The molecule has 0 fully saturated rings. The minimum Gasteiger partial charge on any atom is -0.283 e. The average Bonchev–Trinajstić information content (AvgIpc) is 3.01. The quantitative estimate of drug-likeness (QED) is 0.524. The summed E-state index contributed by atoms with van der Waals surface area (Å²) in [4.78, 5) is 20.1. The van der Waals surface area contributed by atoms with Gasteiger partial charge in [0.2, 0.25) is 0 Å². The number of halogens is 3. The van der Waals surface area contributed by atoms with Gasteiger partial charge in [-0.3, -0.25) is 9.36 Å². The number of hydrogen-bond donors (Lipinski definition) is 0. The highest BCUT2D eigenvalue weighted by molar-refractivity contribution is 5.79. The lowest BCUT2D eigenvalue weighted by molar-refractivity contribution is -0.144. The Labute approximate surface area is 144 Å². The number of hydrogen-bond acceptors (Lipinski definition) is 4. The third kappa shape index (κ3) is 2.43. The third-order valence-electron chi connectivity index (χ3n) is 4.10. The van der Waals surface area contributed by atoms with Gasteiger partial charge < -0.3 is 0 Å². The molecule has 3 heterocycles. The Morgan fingerprint density at radius 3 is 2.58 bits per heavy atom. The van der Waals surface area contributed by atoms with Crippen LogP contribution in [0.15, 0.2) is 41.5 Å². The zero-order valence-corrected chi connectivity index (χ0v) is 13.7. The SMILES string of the molecule is Cc1ccc(-n2ccc3c(cnc4nc(C(F)(F)F)nn43)c2=O)c(C)c1. The van der Waals surface area contributed by atoms with Crippen molar-refractivity contribution >= 4 is 16.7 Å². The van der Waals surface area contributed by atoms with Crippen molar-refractivity contribution in [3.8, 4) is 5.69 Å². The van der Waals surface area contributed by atoms with E-state index in [-0.39, 0.29) is 16.7 Å². The fourth-order valence-electron chi connectivity index (χ4n) is 2.90. The number of nitrogens with zero attached hydrogens (tertiary/aromatic N) is 5. The van der Waals surface area contributed by atoms with Crippen molar-refractivity contribution in [2.45, 2.75) is 20.0 Å². The summed E-state index contributed by atoms with van der Waals surface area (Å²) in [5.74, 6) is -1.51. The van der Waals surface area contributed by atoms with Gasteiger partial charge in [0.1, 0.15) is 0 Å². The summed E-state index contributed by atoms with van der Waals surface area (Å²) in [5.41, 5.74) is 2.47. The van der Waals surface area contributed by atoms with Crippen molar-refractivity contribution < 1.29 is 13.2 Å². The first-order valence-corrected chi connectivity index (χ1v) is 7.68. The number of rotatable bonds is 1. The Kier molecular flexibility index (Phi) is 3.36. The molecular formula is C17H12F3N5O. The van der Waals surface area contributed by atoms with E-state index in [2.05, 4.69) is 15.1 Å². The van der Waals surface area contributed by atoms with Crippen molar-refractivity contribution in [2.24, 2.45) is 0 Å². The normalized spacial score (nSPS) is 12.2. The first-order chi connectivity index (χ1) is 12.3. The van der Waals surface area contributed by atoms with Crippen LogP contribution in [0.25, 0.3) is 22.4 Å². The molecule has 0 spiro atoms. The molecule has 132 valence electrons. The molecule has 0 N–H and O–H groups in total. The highest BCUT2D eigenvalue weighted by atomic mass is 19.4. The van der Waals surface area contributed by atoms with E-state index in [0.717, 1.165) is 15.6 Å². The number of benzene rings is 1. The molecule has 0 unspecified atom stereocenters.